The molecule has 1 heterocycles. The maximum atomic E-state index is 12.6. The predicted octanol–water partition coefficient (Wildman–Crippen LogP) is 3.92. The Balaban J connectivity index is 1.70. The second kappa shape index (κ2) is 5.12. The van der Waals surface area contributed by atoms with Crippen molar-refractivity contribution in [3.05, 3.63) is 41.7 Å². The number of halogens is 3. The molecule has 1 aromatic carbocycles. The van der Waals surface area contributed by atoms with Gasteiger partial charge in [0.1, 0.15) is 6.33 Å². The van der Waals surface area contributed by atoms with Crippen molar-refractivity contribution >= 4 is 11.8 Å². The van der Waals surface area contributed by atoms with Crippen LogP contribution in [-0.4, -0.2) is 14.8 Å². The Morgan fingerprint density at radius 2 is 2.10 bits per heavy atom. The summed E-state index contributed by atoms with van der Waals surface area (Å²) < 4.78 is 39.9. The molecule has 1 fully saturated rings. The number of aromatic nitrogens is 3. The van der Waals surface area contributed by atoms with Crippen LogP contribution in [0.15, 0.2) is 35.7 Å². The molecule has 3 rings (SSSR count). The Bertz CT molecular complexity index is 605. The van der Waals surface area contributed by atoms with Gasteiger partial charge in [0.2, 0.25) is 0 Å². The van der Waals surface area contributed by atoms with Crippen LogP contribution < -0.4 is 0 Å². The van der Waals surface area contributed by atoms with Crippen molar-refractivity contribution in [3.8, 4) is 0 Å². The summed E-state index contributed by atoms with van der Waals surface area (Å²) in [6, 6.07) is 5.87. The maximum Gasteiger partial charge on any atom is 0.416 e. The van der Waals surface area contributed by atoms with Crippen LogP contribution in [0.2, 0.25) is 0 Å². The molecule has 0 atom stereocenters. The lowest BCUT2D eigenvalue weighted by Crippen LogP contribution is -2.05. The topological polar surface area (TPSA) is 30.7 Å². The number of nitrogens with zero attached hydrogens (tertiary/aromatic N) is 3. The molecular formula is C13H12F3N3S. The lowest BCUT2D eigenvalue weighted by molar-refractivity contribution is -0.137. The van der Waals surface area contributed by atoms with Crippen LogP contribution in [0.3, 0.4) is 0 Å². The van der Waals surface area contributed by atoms with Crippen molar-refractivity contribution in [1.82, 2.24) is 14.8 Å². The van der Waals surface area contributed by atoms with E-state index in [1.165, 1.54) is 23.9 Å². The van der Waals surface area contributed by atoms with Crippen LogP contribution in [0.1, 0.15) is 30.0 Å². The maximum absolute atomic E-state index is 12.6. The summed E-state index contributed by atoms with van der Waals surface area (Å²) in [4.78, 5) is 0. The molecule has 0 spiro atoms. The monoisotopic (exact) mass is 299 g/mol. The Morgan fingerprint density at radius 1 is 1.30 bits per heavy atom. The first kappa shape index (κ1) is 13.5. The Hall–Kier alpha value is -1.50. The van der Waals surface area contributed by atoms with Crippen molar-refractivity contribution in [2.45, 2.75) is 36.0 Å². The molecule has 0 amide bonds. The van der Waals surface area contributed by atoms with E-state index in [1.54, 1.807) is 12.4 Å². The van der Waals surface area contributed by atoms with Crippen molar-refractivity contribution in [2.75, 3.05) is 0 Å². The number of alkyl halides is 3. The van der Waals surface area contributed by atoms with Crippen molar-refractivity contribution < 1.29 is 13.2 Å². The molecule has 106 valence electrons. The molecule has 1 aliphatic carbocycles. The summed E-state index contributed by atoms with van der Waals surface area (Å²) in [5, 5.41) is 8.65. The van der Waals surface area contributed by atoms with Gasteiger partial charge in [-0.1, -0.05) is 30.0 Å². The first-order valence-corrected chi connectivity index (χ1v) is 7.21. The minimum atomic E-state index is -4.30. The van der Waals surface area contributed by atoms with Gasteiger partial charge in [-0.15, -0.1) is 10.2 Å². The van der Waals surface area contributed by atoms with Gasteiger partial charge < -0.3 is 4.57 Å². The normalized spacial score (nSPS) is 15.6. The van der Waals surface area contributed by atoms with Crippen LogP contribution in [0, 0.1) is 0 Å². The molecular weight excluding hydrogens is 287 g/mol. The second-order valence-corrected chi connectivity index (χ2v) is 5.68. The minimum Gasteiger partial charge on any atom is -0.306 e. The van der Waals surface area contributed by atoms with Gasteiger partial charge in [-0.3, -0.25) is 0 Å². The summed E-state index contributed by atoms with van der Waals surface area (Å²) >= 11 is 1.42. The standard InChI is InChI=1S/C13H12F3N3S/c14-13(15,16)10-3-1-2-9(6-10)7-20-12-18-17-8-19(12)11-4-5-11/h1-3,6,8,11H,4-5,7H2. The molecule has 20 heavy (non-hydrogen) atoms. The van der Waals surface area contributed by atoms with Gasteiger partial charge in [0.15, 0.2) is 5.16 Å². The molecule has 1 aliphatic rings. The van der Waals surface area contributed by atoms with Gasteiger partial charge in [-0.2, -0.15) is 13.2 Å². The number of hydrogen-bond acceptors (Lipinski definition) is 3. The van der Waals surface area contributed by atoms with E-state index >= 15 is 0 Å². The van der Waals surface area contributed by atoms with Crippen LogP contribution >= 0.6 is 11.8 Å². The smallest absolute Gasteiger partial charge is 0.306 e. The highest BCUT2D eigenvalue weighted by atomic mass is 32.2. The average Bonchev–Trinajstić information content (AvgIpc) is 3.15. The fraction of sp³-hybridized carbons (Fsp3) is 0.385. The van der Waals surface area contributed by atoms with E-state index < -0.39 is 11.7 Å². The molecule has 0 aliphatic heterocycles. The summed E-state index contributed by atoms with van der Waals surface area (Å²) in [6.07, 6.45) is -0.370. The molecule has 0 radical (unpaired) electrons. The zero-order chi connectivity index (χ0) is 14.2. The van der Waals surface area contributed by atoms with Crippen LogP contribution in [-0.2, 0) is 11.9 Å². The molecule has 1 aromatic heterocycles. The van der Waals surface area contributed by atoms with Crippen LogP contribution in [0.25, 0.3) is 0 Å². The van der Waals surface area contributed by atoms with Gasteiger partial charge in [-0.05, 0) is 24.5 Å². The van der Waals surface area contributed by atoms with Crippen molar-refractivity contribution in [1.29, 1.82) is 0 Å². The first-order chi connectivity index (χ1) is 9.54. The molecule has 0 bridgehead atoms. The van der Waals surface area contributed by atoms with Crippen LogP contribution in [0.4, 0.5) is 13.2 Å². The lowest BCUT2D eigenvalue weighted by Gasteiger charge is -2.08. The fourth-order valence-corrected chi connectivity index (χ4v) is 2.85. The molecule has 0 saturated heterocycles. The third-order valence-corrected chi connectivity index (χ3v) is 4.13. The van der Waals surface area contributed by atoms with E-state index in [0.29, 0.717) is 17.4 Å². The van der Waals surface area contributed by atoms with E-state index in [0.717, 1.165) is 24.1 Å². The fourth-order valence-electron chi connectivity index (χ4n) is 1.92. The zero-order valence-electron chi connectivity index (χ0n) is 10.5. The molecule has 2 aromatic rings. The number of rotatable bonds is 4. The van der Waals surface area contributed by atoms with Crippen molar-refractivity contribution in [2.24, 2.45) is 0 Å². The van der Waals surface area contributed by atoms with E-state index in [1.807, 2.05) is 4.57 Å². The summed E-state index contributed by atoms with van der Waals surface area (Å²) in [7, 11) is 0. The Labute approximate surface area is 118 Å². The molecule has 0 N–H and O–H groups in total. The van der Waals surface area contributed by atoms with E-state index in [-0.39, 0.29) is 0 Å². The van der Waals surface area contributed by atoms with Gasteiger partial charge in [0, 0.05) is 11.8 Å². The highest BCUT2D eigenvalue weighted by Crippen LogP contribution is 2.38. The number of benzene rings is 1. The summed E-state index contributed by atoms with van der Waals surface area (Å²) in [5.41, 5.74) is 0.0226. The number of thioether (sulfide) groups is 1. The van der Waals surface area contributed by atoms with E-state index in [9.17, 15) is 13.2 Å². The third kappa shape index (κ3) is 2.98. The van der Waals surface area contributed by atoms with Gasteiger partial charge in [0.05, 0.1) is 5.56 Å². The predicted molar refractivity (Wildman–Crippen MR) is 69.3 cm³/mol. The molecule has 0 unspecified atom stereocenters. The highest BCUT2D eigenvalue weighted by Gasteiger charge is 2.30. The Morgan fingerprint density at radius 3 is 2.80 bits per heavy atom. The number of hydrogen-bond donors (Lipinski definition) is 0. The molecule has 1 saturated carbocycles. The van der Waals surface area contributed by atoms with Gasteiger partial charge in [-0.25, -0.2) is 0 Å². The van der Waals surface area contributed by atoms with Gasteiger partial charge >= 0.3 is 6.18 Å². The zero-order valence-corrected chi connectivity index (χ0v) is 11.3. The highest BCUT2D eigenvalue weighted by molar-refractivity contribution is 7.98. The second-order valence-electron chi connectivity index (χ2n) is 4.74. The van der Waals surface area contributed by atoms with Crippen LogP contribution in [0.5, 0.6) is 0 Å². The first-order valence-electron chi connectivity index (χ1n) is 6.22. The SMILES string of the molecule is FC(F)(F)c1cccc(CSc2nncn2C2CC2)c1. The van der Waals surface area contributed by atoms with Gasteiger partial charge in [0.25, 0.3) is 0 Å². The lowest BCUT2D eigenvalue weighted by atomic mass is 10.1. The quantitative estimate of drug-likeness (QED) is 0.802. The summed E-state index contributed by atoms with van der Waals surface area (Å²) in [6.45, 7) is 0. The van der Waals surface area contributed by atoms with E-state index in [4.69, 9.17) is 0 Å². The average molecular weight is 299 g/mol. The molecule has 3 nitrogen and oxygen atoms in total. The third-order valence-electron chi connectivity index (χ3n) is 3.10. The van der Waals surface area contributed by atoms with E-state index in [2.05, 4.69) is 10.2 Å². The van der Waals surface area contributed by atoms with Crippen molar-refractivity contribution in [3.63, 3.8) is 0 Å². The molecule has 7 heteroatoms. The largest absolute Gasteiger partial charge is 0.416 e. The Kier molecular flexibility index (Phi) is 3.45. The minimum absolute atomic E-state index is 0.454. The summed E-state index contributed by atoms with van der Waals surface area (Å²) in [5.74, 6) is 0.454.